The van der Waals surface area contributed by atoms with Gasteiger partial charge in [-0.2, -0.15) is 0 Å². The minimum Gasteiger partial charge on any atom is -0.468 e. The molecule has 0 radical (unpaired) electrons. The number of nitrogens with zero attached hydrogens (tertiary/aromatic N) is 1. The first-order valence-electron chi connectivity index (χ1n) is 7.43. The van der Waals surface area contributed by atoms with Gasteiger partial charge in [-0.25, -0.2) is 0 Å². The molecule has 0 amide bonds. The molecule has 1 aromatic heterocycles. The molecule has 0 saturated carbocycles. The van der Waals surface area contributed by atoms with Gasteiger partial charge in [0.25, 0.3) is 0 Å². The average Bonchev–Trinajstić information content (AvgIpc) is 2.79. The van der Waals surface area contributed by atoms with Gasteiger partial charge in [-0.1, -0.05) is 0 Å². The summed E-state index contributed by atoms with van der Waals surface area (Å²) in [4.78, 5) is 2.29. The maximum Gasteiger partial charge on any atom is 0.117 e. The molecule has 20 heavy (non-hydrogen) atoms. The molecule has 114 valence electrons. The molecule has 1 atom stereocenters. The van der Waals surface area contributed by atoms with Crippen LogP contribution in [0.2, 0.25) is 0 Å². The van der Waals surface area contributed by atoms with E-state index >= 15 is 0 Å². The minimum absolute atomic E-state index is 0.0272. The molecular formula is C16H28N2O2. The maximum atomic E-state index is 5.89. The number of furan rings is 1. The van der Waals surface area contributed by atoms with Gasteiger partial charge >= 0.3 is 0 Å². The Morgan fingerprint density at radius 2 is 2.15 bits per heavy atom. The van der Waals surface area contributed by atoms with Crippen molar-refractivity contribution in [2.45, 2.75) is 38.8 Å². The van der Waals surface area contributed by atoms with E-state index in [9.17, 15) is 0 Å². The van der Waals surface area contributed by atoms with Gasteiger partial charge in [-0.3, -0.25) is 0 Å². The smallest absolute Gasteiger partial charge is 0.117 e. The van der Waals surface area contributed by atoms with Gasteiger partial charge in [0.15, 0.2) is 0 Å². The number of hydrogen-bond acceptors (Lipinski definition) is 4. The molecular weight excluding hydrogens is 252 g/mol. The van der Waals surface area contributed by atoms with Gasteiger partial charge in [0.1, 0.15) is 5.76 Å². The lowest BCUT2D eigenvalue weighted by Crippen LogP contribution is -2.50. The standard InChI is InChI=1S/C16H28N2O2/c1-15(2)11-16(7-9-20-15,13-18(3)4)12-17-10-14-6-5-8-19-14/h5-6,8,17H,7,9-13H2,1-4H3/t16-/m0/s1. The van der Waals surface area contributed by atoms with E-state index in [1.54, 1.807) is 6.26 Å². The molecule has 4 heteroatoms. The summed E-state index contributed by atoms with van der Waals surface area (Å²) in [7, 11) is 4.30. The van der Waals surface area contributed by atoms with E-state index in [1.165, 1.54) is 0 Å². The molecule has 0 aliphatic carbocycles. The lowest BCUT2D eigenvalue weighted by molar-refractivity contribution is -0.109. The molecule has 1 N–H and O–H groups in total. The van der Waals surface area contributed by atoms with Gasteiger partial charge in [-0.05, 0) is 52.9 Å². The van der Waals surface area contributed by atoms with Crippen molar-refractivity contribution in [2.24, 2.45) is 5.41 Å². The van der Waals surface area contributed by atoms with Crippen molar-refractivity contribution in [3.8, 4) is 0 Å². The van der Waals surface area contributed by atoms with Gasteiger partial charge in [0, 0.05) is 25.1 Å². The third-order valence-electron chi connectivity index (χ3n) is 3.96. The minimum atomic E-state index is -0.0272. The van der Waals surface area contributed by atoms with Crippen molar-refractivity contribution in [1.29, 1.82) is 0 Å². The van der Waals surface area contributed by atoms with Crippen LogP contribution in [-0.4, -0.2) is 44.3 Å². The predicted molar refractivity (Wildman–Crippen MR) is 80.7 cm³/mol. The van der Waals surface area contributed by atoms with Crippen LogP contribution in [0, 0.1) is 5.41 Å². The zero-order valence-electron chi connectivity index (χ0n) is 13.2. The van der Waals surface area contributed by atoms with Crippen molar-refractivity contribution < 1.29 is 9.15 Å². The third-order valence-corrected chi connectivity index (χ3v) is 3.96. The monoisotopic (exact) mass is 280 g/mol. The van der Waals surface area contributed by atoms with Crippen LogP contribution in [0.25, 0.3) is 0 Å². The molecule has 0 unspecified atom stereocenters. The average molecular weight is 280 g/mol. The van der Waals surface area contributed by atoms with Crippen LogP contribution in [0.4, 0.5) is 0 Å². The molecule has 1 aliphatic heterocycles. The number of rotatable bonds is 6. The van der Waals surface area contributed by atoms with E-state index < -0.39 is 0 Å². The second kappa shape index (κ2) is 6.29. The molecule has 0 bridgehead atoms. The van der Waals surface area contributed by atoms with Crippen LogP contribution >= 0.6 is 0 Å². The quantitative estimate of drug-likeness (QED) is 0.869. The summed E-state index contributed by atoms with van der Waals surface area (Å²) in [5, 5.41) is 3.57. The zero-order chi connectivity index (χ0) is 14.6. The summed E-state index contributed by atoms with van der Waals surface area (Å²) < 4.78 is 11.3. The van der Waals surface area contributed by atoms with Gasteiger partial charge in [0.05, 0.1) is 18.4 Å². The highest BCUT2D eigenvalue weighted by Gasteiger charge is 2.40. The molecule has 1 fully saturated rings. The Hall–Kier alpha value is -0.840. The fourth-order valence-corrected chi connectivity index (χ4v) is 3.46. The van der Waals surface area contributed by atoms with Gasteiger partial charge < -0.3 is 19.4 Å². The van der Waals surface area contributed by atoms with Crippen molar-refractivity contribution in [2.75, 3.05) is 33.8 Å². The van der Waals surface area contributed by atoms with E-state index in [1.807, 2.05) is 12.1 Å². The van der Waals surface area contributed by atoms with Crippen molar-refractivity contribution in [1.82, 2.24) is 10.2 Å². The second-order valence-corrected chi connectivity index (χ2v) is 6.96. The summed E-state index contributed by atoms with van der Waals surface area (Å²) in [5.74, 6) is 0.997. The SMILES string of the molecule is CN(C)C[C@@]1(CNCc2ccco2)CCOC(C)(C)C1. The molecule has 1 saturated heterocycles. The van der Waals surface area contributed by atoms with E-state index in [0.29, 0.717) is 0 Å². The molecule has 2 heterocycles. The highest BCUT2D eigenvalue weighted by molar-refractivity contribution is 4.99. The molecule has 1 aromatic rings. The van der Waals surface area contributed by atoms with E-state index in [2.05, 4.69) is 38.2 Å². The summed E-state index contributed by atoms with van der Waals surface area (Å²) in [5.41, 5.74) is 0.248. The Labute approximate surface area is 122 Å². The van der Waals surface area contributed by atoms with E-state index in [4.69, 9.17) is 9.15 Å². The normalized spacial score (nSPS) is 26.1. The summed E-state index contributed by atoms with van der Waals surface area (Å²) in [6.45, 7) is 8.13. The number of ether oxygens (including phenoxy) is 1. The molecule has 1 aliphatic rings. The van der Waals surface area contributed by atoms with Crippen LogP contribution in [0.5, 0.6) is 0 Å². The zero-order valence-corrected chi connectivity index (χ0v) is 13.2. The summed E-state index contributed by atoms with van der Waals surface area (Å²) in [6, 6.07) is 3.95. The van der Waals surface area contributed by atoms with E-state index in [0.717, 1.165) is 44.8 Å². The fourth-order valence-electron chi connectivity index (χ4n) is 3.46. The van der Waals surface area contributed by atoms with Gasteiger partial charge in [-0.15, -0.1) is 0 Å². The Morgan fingerprint density at radius 1 is 1.35 bits per heavy atom. The Bertz CT molecular complexity index is 401. The highest BCUT2D eigenvalue weighted by Crippen LogP contribution is 2.38. The second-order valence-electron chi connectivity index (χ2n) is 6.96. The van der Waals surface area contributed by atoms with Crippen molar-refractivity contribution >= 4 is 0 Å². The van der Waals surface area contributed by atoms with Crippen LogP contribution in [0.15, 0.2) is 22.8 Å². The predicted octanol–water partition coefficient (Wildman–Crippen LogP) is 2.51. The van der Waals surface area contributed by atoms with Crippen LogP contribution < -0.4 is 5.32 Å². The first-order chi connectivity index (χ1) is 9.41. The number of nitrogens with one attached hydrogen (secondary N) is 1. The lowest BCUT2D eigenvalue weighted by Gasteiger charge is -2.46. The van der Waals surface area contributed by atoms with Crippen LogP contribution in [0.1, 0.15) is 32.4 Å². The van der Waals surface area contributed by atoms with Crippen LogP contribution in [0.3, 0.4) is 0 Å². The largest absolute Gasteiger partial charge is 0.468 e. The third kappa shape index (κ3) is 4.33. The number of hydrogen-bond donors (Lipinski definition) is 1. The van der Waals surface area contributed by atoms with Crippen molar-refractivity contribution in [3.63, 3.8) is 0 Å². The first-order valence-corrected chi connectivity index (χ1v) is 7.43. The molecule has 4 nitrogen and oxygen atoms in total. The fraction of sp³-hybridized carbons (Fsp3) is 0.750. The Kier molecular flexibility index (Phi) is 4.89. The molecule has 0 spiro atoms. The maximum absolute atomic E-state index is 5.89. The summed E-state index contributed by atoms with van der Waals surface area (Å²) in [6.07, 6.45) is 3.92. The van der Waals surface area contributed by atoms with Crippen molar-refractivity contribution in [3.05, 3.63) is 24.2 Å². The summed E-state index contributed by atoms with van der Waals surface area (Å²) >= 11 is 0. The van der Waals surface area contributed by atoms with Crippen LogP contribution in [-0.2, 0) is 11.3 Å². The Morgan fingerprint density at radius 3 is 2.75 bits per heavy atom. The van der Waals surface area contributed by atoms with E-state index in [-0.39, 0.29) is 11.0 Å². The highest BCUT2D eigenvalue weighted by atomic mass is 16.5. The first kappa shape index (κ1) is 15.5. The lowest BCUT2D eigenvalue weighted by atomic mass is 9.73. The molecule has 2 rings (SSSR count). The Balaban J connectivity index is 1.95. The topological polar surface area (TPSA) is 37.6 Å². The molecule has 0 aromatic carbocycles. The van der Waals surface area contributed by atoms with Gasteiger partial charge in [0.2, 0.25) is 0 Å².